The monoisotopic (exact) mass is 234 g/mol. The zero-order chi connectivity index (χ0) is 12.4. The Labute approximate surface area is 104 Å². The number of benzene rings is 1. The van der Waals surface area contributed by atoms with Gasteiger partial charge in [0.1, 0.15) is 0 Å². The number of rotatable bonds is 3. The third-order valence-corrected chi connectivity index (χ3v) is 3.87. The lowest BCUT2D eigenvalue weighted by Gasteiger charge is -2.35. The van der Waals surface area contributed by atoms with Crippen LogP contribution < -0.4 is 0 Å². The third-order valence-electron chi connectivity index (χ3n) is 3.87. The van der Waals surface area contributed by atoms with Crippen LogP contribution in [0.5, 0.6) is 0 Å². The van der Waals surface area contributed by atoms with Gasteiger partial charge in [-0.15, -0.1) is 0 Å². The lowest BCUT2D eigenvalue weighted by Crippen LogP contribution is -2.30. The SMILES string of the molecule is COC1CCc2ccc(CO)cc2C1C(C)C. The number of methoxy groups -OCH3 is 1. The molecule has 0 aromatic heterocycles. The highest BCUT2D eigenvalue weighted by Gasteiger charge is 2.31. The molecule has 94 valence electrons. The molecule has 2 atom stereocenters. The molecule has 1 aromatic carbocycles. The van der Waals surface area contributed by atoms with Crippen molar-refractivity contribution in [1.82, 2.24) is 0 Å². The zero-order valence-corrected chi connectivity index (χ0v) is 10.9. The molecule has 0 radical (unpaired) electrons. The Bertz CT molecular complexity index is 385. The normalized spacial score (nSPS) is 23.8. The summed E-state index contributed by atoms with van der Waals surface area (Å²) in [6.45, 7) is 4.62. The van der Waals surface area contributed by atoms with Crippen LogP contribution in [-0.2, 0) is 17.8 Å². The maximum absolute atomic E-state index is 9.26. The molecule has 1 aliphatic rings. The van der Waals surface area contributed by atoms with E-state index in [1.807, 2.05) is 6.07 Å². The third kappa shape index (κ3) is 2.38. The minimum atomic E-state index is 0.121. The van der Waals surface area contributed by atoms with Crippen LogP contribution in [0.25, 0.3) is 0 Å². The predicted octanol–water partition coefficient (Wildman–Crippen LogP) is 2.88. The van der Waals surface area contributed by atoms with Crippen LogP contribution in [-0.4, -0.2) is 18.3 Å². The van der Waals surface area contributed by atoms with Gasteiger partial charge < -0.3 is 9.84 Å². The fourth-order valence-electron chi connectivity index (χ4n) is 3.01. The van der Waals surface area contributed by atoms with Crippen LogP contribution in [0.15, 0.2) is 18.2 Å². The standard InChI is InChI=1S/C15H22O2/c1-10(2)15-13-8-11(9-16)4-5-12(13)6-7-14(15)17-3/h4-5,8,10,14-16H,6-7,9H2,1-3H3. The smallest absolute Gasteiger partial charge is 0.0681 e. The zero-order valence-electron chi connectivity index (χ0n) is 10.9. The Hall–Kier alpha value is -0.860. The van der Waals surface area contributed by atoms with Gasteiger partial charge in [0.25, 0.3) is 0 Å². The van der Waals surface area contributed by atoms with Gasteiger partial charge in [0.15, 0.2) is 0 Å². The van der Waals surface area contributed by atoms with Crippen molar-refractivity contribution >= 4 is 0 Å². The van der Waals surface area contributed by atoms with Crippen LogP contribution in [0, 0.1) is 5.92 Å². The van der Waals surface area contributed by atoms with E-state index < -0.39 is 0 Å². The summed E-state index contributed by atoms with van der Waals surface area (Å²) in [6, 6.07) is 6.36. The molecule has 2 nitrogen and oxygen atoms in total. The van der Waals surface area contributed by atoms with Crippen molar-refractivity contribution in [3.63, 3.8) is 0 Å². The lowest BCUT2D eigenvalue weighted by atomic mass is 9.74. The second kappa shape index (κ2) is 5.19. The maximum Gasteiger partial charge on any atom is 0.0681 e. The van der Waals surface area contributed by atoms with Gasteiger partial charge in [-0.25, -0.2) is 0 Å². The molecule has 0 aliphatic heterocycles. The maximum atomic E-state index is 9.26. The molecule has 2 unspecified atom stereocenters. The van der Waals surface area contributed by atoms with Crippen molar-refractivity contribution in [2.24, 2.45) is 5.92 Å². The van der Waals surface area contributed by atoms with Crippen LogP contribution in [0.1, 0.15) is 42.9 Å². The minimum Gasteiger partial charge on any atom is -0.392 e. The first kappa shape index (κ1) is 12.6. The van der Waals surface area contributed by atoms with Crippen molar-refractivity contribution < 1.29 is 9.84 Å². The van der Waals surface area contributed by atoms with Gasteiger partial charge in [-0.05, 0) is 35.4 Å². The molecule has 1 aliphatic carbocycles. The van der Waals surface area contributed by atoms with E-state index >= 15 is 0 Å². The highest BCUT2D eigenvalue weighted by molar-refractivity contribution is 5.37. The van der Waals surface area contributed by atoms with Crippen molar-refractivity contribution in [3.05, 3.63) is 34.9 Å². The van der Waals surface area contributed by atoms with Gasteiger partial charge in [0.05, 0.1) is 12.7 Å². The molecular weight excluding hydrogens is 212 g/mol. The minimum absolute atomic E-state index is 0.121. The Kier molecular flexibility index (Phi) is 3.85. The first-order valence-electron chi connectivity index (χ1n) is 6.42. The number of aryl methyl sites for hydroxylation is 1. The summed E-state index contributed by atoms with van der Waals surface area (Å²) in [7, 11) is 1.81. The highest BCUT2D eigenvalue weighted by Crippen LogP contribution is 2.38. The molecule has 0 saturated heterocycles. The Morgan fingerprint density at radius 3 is 2.76 bits per heavy atom. The van der Waals surface area contributed by atoms with Crippen LogP contribution in [0.4, 0.5) is 0 Å². The fourth-order valence-corrected chi connectivity index (χ4v) is 3.01. The number of aliphatic hydroxyl groups is 1. The van der Waals surface area contributed by atoms with Crippen molar-refractivity contribution in [3.8, 4) is 0 Å². The summed E-state index contributed by atoms with van der Waals surface area (Å²) >= 11 is 0. The van der Waals surface area contributed by atoms with Crippen LogP contribution in [0.2, 0.25) is 0 Å². The molecule has 0 spiro atoms. The molecule has 1 N–H and O–H groups in total. The Balaban J connectivity index is 2.42. The van der Waals surface area contributed by atoms with Gasteiger partial charge in [0.2, 0.25) is 0 Å². The van der Waals surface area contributed by atoms with Gasteiger partial charge in [-0.3, -0.25) is 0 Å². The summed E-state index contributed by atoms with van der Waals surface area (Å²) < 4.78 is 5.63. The van der Waals surface area contributed by atoms with E-state index in [2.05, 4.69) is 26.0 Å². The first-order valence-corrected chi connectivity index (χ1v) is 6.42. The summed E-state index contributed by atoms with van der Waals surface area (Å²) in [5.41, 5.74) is 3.81. The van der Waals surface area contributed by atoms with Crippen molar-refractivity contribution in [2.45, 2.75) is 45.3 Å². The Morgan fingerprint density at radius 2 is 2.18 bits per heavy atom. The highest BCUT2D eigenvalue weighted by atomic mass is 16.5. The number of fused-ring (bicyclic) bond motifs is 1. The molecule has 2 heteroatoms. The molecule has 17 heavy (non-hydrogen) atoms. The molecule has 1 aromatic rings. The van der Waals surface area contributed by atoms with E-state index in [1.54, 1.807) is 7.11 Å². The summed E-state index contributed by atoms with van der Waals surface area (Å²) in [6.07, 6.45) is 2.50. The Morgan fingerprint density at radius 1 is 1.41 bits per heavy atom. The average molecular weight is 234 g/mol. The van der Waals surface area contributed by atoms with E-state index in [1.165, 1.54) is 11.1 Å². The van der Waals surface area contributed by atoms with Crippen molar-refractivity contribution in [2.75, 3.05) is 7.11 Å². The molecule has 0 amide bonds. The second-order valence-electron chi connectivity index (χ2n) is 5.27. The van der Waals surface area contributed by atoms with Crippen LogP contribution >= 0.6 is 0 Å². The largest absolute Gasteiger partial charge is 0.392 e. The summed E-state index contributed by atoms with van der Waals surface area (Å²) in [5, 5.41) is 9.26. The van der Waals surface area contributed by atoms with E-state index in [0.29, 0.717) is 17.9 Å². The van der Waals surface area contributed by atoms with E-state index in [0.717, 1.165) is 18.4 Å². The first-order chi connectivity index (χ1) is 8.17. The predicted molar refractivity (Wildman–Crippen MR) is 69.1 cm³/mol. The van der Waals surface area contributed by atoms with Gasteiger partial charge in [-0.1, -0.05) is 32.0 Å². The molecule has 0 fully saturated rings. The van der Waals surface area contributed by atoms with Crippen molar-refractivity contribution in [1.29, 1.82) is 0 Å². The fraction of sp³-hybridized carbons (Fsp3) is 0.600. The number of hydrogen-bond donors (Lipinski definition) is 1. The number of hydrogen-bond acceptors (Lipinski definition) is 2. The molecular formula is C15H22O2. The lowest BCUT2D eigenvalue weighted by molar-refractivity contribution is 0.0520. The van der Waals surface area contributed by atoms with E-state index in [4.69, 9.17) is 4.74 Å². The molecule has 0 heterocycles. The molecule has 0 saturated carbocycles. The molecule has 0 bridgehead atoms. The van der Waals surface area contributed by atoms with Gasteiger partial charge in [-0.2, -0.15) is 0 Å². The quantitative estimate of drug-likeness (QED) is 0.871. The average Bonchev–Trinajstić information content (AvgIpc) is 2.36. The topological polar surface area (TPSA) is 29.5 Å². The summed E-state index contributed by atoms with van der Waals surface area (Å²) in [4.78, 5) is 0. The van der Waals surface area contributed by atoms with Gasteiger partial charge in [0, 0.05) is 13.0 Å². The number of aliphatic hydroxyl groups excluding tert-OH is 1. The van der Waals surface area contributed by atoms with Crippen LogP contribution in [0.3, 0.4) is 0 Å². The van der Waals surface area contributed by atoms with E-state index in [-0.39, 0.29) is 6.61 Å². The molecule has 2 rings (SSSR count). The number of ether oxygens (including phenoxy) is 1. The second-order valence-corrected chi connectivity index (χ2v) is 5.27. The van der Waals surface area contributed by atoms with Gasteiger partial charge >= 0.3 is 0 Å². The van der Waals surface area contributed by atoms with E-state index in [9.17, 15) is 5.11 Å². The summed E-state index contributed by atoms with van der Waals surface area (Å²) in [5.74, 6) is 1.02.